The number of rotatable bonds is 5. The summed E-state index contributed by atoms with van der Waals surface area (Å²) in [6.07, 6.45) is 3.95. The Hall–Kier alpha value is -1.63. The van der Waals surface area contributed by atoms with Crippen LogP contribution in [0.5, 0.6) is 0 Å². The minimum absolute atomic E-state index is 0.0122. The smallest absolute Gasteiger partial charge is 0.233 e. The van der Waals surface area contributed by atoms with Gasteiger partial charge in [0.05, 0.1) is 5.01 Å². The fourth-order valence-corrected chi connectivity index (χ4v) is 2.90. The van der Waals surface area contributed by atoms with E-state index in [0.717, 1.165) is 11.4 Å². The van der Waals surface area contributed by atoms with Gasteiger partial charge in [0.1, 0.15) is 5.41 Å². The monoisotopic (exact) mass is 282 g/mol. The first-order valence-corrected chi connectivity index (χ1v) is 7.14. The molecule has 19 heavy (non-hydrogen) atoms. The van der Waals surface area contributed by atoms with Gasteiger partial charge in [-0.3, -0.25) is 4.79 Å². The summed E-state index contributed by atoms with van der Waals surface area (Å²) < 4.78 is 0. The van der Waals surface area contributed by atoms with E-state index in [9.17, 15) is 4.79 Å². The summed E-state index contributed by atoms with van der Waals surface area (Å²) >= 11 is 1.57. The second-order valence-electron chi connectivity index (χ2n) is 4.90. The lowest BCUT2D eigenvalue weighted by atomic mass is 9.67. The number of nitrogens with two attached hydrogens (primary N) is 1. The van der Waals surface area contributed by atoms with E-state index < -0.39 is 5.41 Å². The molecule has 0 spiro atoms. The van der Waals surface area contributed by atoms with Gasteiger partial charge in [-0.1, -0.05) is 18.5 Å². The largest absolute Gasteiger partial charge is 0.409 e. The predicted molar refractivity (Wildman–Crippen MR) is 73.2 cm³/mol. The maximum Gasteiger partial charge on any atom is 0.233 e. The first-order valence-electron chi connectivity index (χ1n) is 6.26. The zero-order valence-electron chi connectivity index (χ0n) is 10.8. The van der Waals surface area contributed by atoms with Crippen molar-refractivity contribution >= 4 is 23.1 Å². The summed E-state index contributed by atoms with van der Waals surface area (Å²) in [6.45, 7) is 2.52. The number of hydrogen-bond acceptors (Lipinski definition) is 5. The van der Waals surface area contributed by atoms with Crippen LogP contribution in [0.1, 0.15) is 37.1 Å². The van der Waals surface area contributed by atoms with Crippen LogP contribution < -0.4 is 11.1 Å². The molecule has 2 rings (SSSR count). The van der Waals surface area contributed by atoms with Crippen molar-refractivity contribution in [3.63, 3.8) is 0 Å². The molecule has 0 aromatic carbocycles. The van der Waals surface area contributed by atoms with Crippen molar-refractivity contribution in [2.75, 3.05) is 6.54 Å². The molecule has 0 bridgehead atoms. The van der Waals surface area contributed by atoms with Gasteiger partial charge in [0.15, 0.2) is 5.84 Å². The third-order valence-corrected chi connectivity index (χ3v) is 4.69. The van der Waals surface area contributed by atoms with Crippen LogP contribution in [0.15, 0.2) is 16.7 Å². The molecule has 0 aliphatic heterocycles. The van der Waals surface area contributed by atoms with Gasteiger partial charge in [0.2, 0.25) is 5.91 Å². The van der Waals surface area contributed by atoms with Crippen molar-refractivity contribution < 1.29 is 10.0 Å². The summed E-state index contributed by atoms with van der Waals surface area (Å²) in [4.78, 5) is 16.4. The Morgan fingerprint density at radius 3 is 2.95 bits per heavy atom. The van der Waals surface area contributed by atoms with Crippen molar-refractivity contribution in [1.82, 2.24) is 10.3 Å². The molecule has 0 radical (unpaired) electrons. The Morgan fingerprint density at radius 2 is 2.47 bits per heavy atom. The lowest BCUT2D eigenvalue weighted by Gasteiger charge is -2.38. The van der Waals surface area contributed by atoms with E-state index >= 15 is 0 Å². The molecule has 104 valence electrons. The number of amidine groups is 1. The number of hydrogen-bond donors (Lipinski definition) is 3. The Morgan fingerprint density at radius 1 is 1.74 bits per heavy atom. The van der Waals surface area contributed by atoms with Crippen molar-refractivity contribution in [2.45, 2.75) is 32.1 Å². The second-order valence-corrected chi connectivity index (χ2v) is 5.83. The molecule has 1 saturated carbocycles. The van der Waals surface area contributed by atoms with Crippen LogP contribution >= 0.6 is 11.3 Å². The molecule has 1 atom stereocenters. The van der Waals surface area contributed by atoms with E-state index in [-0.39, 0.29) is 17.7 Å². The second kappa shape index (κ2) is 5.56. The highest BCUT2D eigenvalue weighted by Crippen LogP contribution is 2.41. The Kier molecular flexibility index (Phi) is 4.04. The lowest BCUT2D eigenvalue weighted by Crippen LogP contribution is -2.54. The van der Waals surface area contributed by atoms with Gasteiger partial charge in [-0.2, -0.15) is 0 Å². The normalized spacial score (nSPS) is 19.5. The third-order valence-electron chi connectivity index (χ3n) is 3.68. The quantitative estimate of drug-likeness (QED) is 0.328. The first-order chi connectivity index (χ1) is 9.10. The SMILES string of the molecule is CC(CNC(=O)C1(/C(N)=N/O)CCC1)c1nccs1. The van der Waals surface area contributed by atoms with E-state index in [1.54, 1.807) is 17.5 Å². The van der Waals surface area contributed by atoms with Crippen molar-refractivity contribution in [3.8, 4) is 0 Å². The molecule has 1 aliphatic rings. The number of carbonyl (C=O) groups is 1. The minimum Gasteiger partial charge on any atom is -0.409 e. The molecular formula is C12H18N4O2S. The summed E-state index contributed by atoms with van der Waals surface area (Å²) in [5.41, 5.74) is 4.84. The van der Waals surface area contributed by atoms with Crippen LogP contribution in [0.25, 0.3) is 0 Å². The van der Waals surface area contributed by atoms with Crippen LogP contribution in [0.4, 0.5) is 0 Å². The van der Waals surface area contributed by atoms with E-state index in [0.29, 0.717) is 19.4 Å². The maximum absolute atomic E-state index is 12.2. The molecule has 7 heteroatoms. The lowest BCUT2D eigenvalue weighted by molar-refractivity contribution is -0.131. The Balaban J connectivity index is 1.94. The van der Waals surface area contributed by atoms with Crippen molar-refractivity contribution in [1.29, 1.82) is 0 Å². The number of nitrogens with zero attached hydrogens (tertiary/aromatic N) is 2. The van der Waals surface area contributed by atoms with Crippen LogP contribution in [-0.2, 0) is 4.79 Å². The van der Waals surface area contributed by atoms with Crippen molar-refractivity contribution in [3.05, 3.63) is 16.6 Å². The zero-order chi connectivity index (χ0) is 13.9. The molecule has 6 nitrogen and oxygen atoms in total. The maximum atomic E-state index is 12.2. The summed E-state index contributed by atoms with van der Waals surface area (Å²) in [5, 5.41) is 17.6. The Labute approximate surface area is 115 Å². The van der Waals surface area contributed by atoms with E-state index in [2.05, 4.69) is 15.5 Å². The fourth-order valence-electron chi connectivity index (χ4n) is 2.21. The number of nitrogens with one attached hydrogen (secondary N) is 1. The average Bonchev–Trinajstić information content (AvgIpc) is 2.88. The highest BCUT2D eigenvalue weighted by molar-refractivity contribution is 7.09. The summed E-state index contributed by atoms with van der Waals surface area (Å²) in [5.74, 6) is 0.0176. The van der Waals surface area contributed by atoms with E-state index in [1.165, 1.54) is 0 Å². The van der Waals surface area contributed by atoms with Gasteiger partial charge in [-0.05, 0) is 12.8 Å². The van der Waals surface area contributed by atoms with Gasteiger partial charge in [0, 0.05) is 24.0 Å². The van der Waals surface area contributed by atoms with Gasteiger partial charge in [-0.25, -0.2) is 4.98 Å². The minimum atomic E-state index is -0.808. The zero-order valence-corrected chi connectivity index (χ0v) is 11.6. The molecule has 1 heterocycles. The fraction of sp³-hybridized carbons (Fsp3) is 0.583. The topological polar surface area (TPSA) is 101 Å². The highest BCUT2D eigenvalue weighted by atomic mass is 32.1. The number of thiazole rings is 1. The molecular weight excluding hydrogens is 264 g/mol. The highest BCUT2D eigenvalue weighted by Gasteiger charge is 2.48. The molecule has 1 unspecified atom stereocenters. The van der Waals surface area contributed by atoms with Crippen LogP contribution in [0, 0.1) is 5.41 Å². The Bertz CT molecular complexity index is 468. The van der Waals surface area contributed by atoms with Gasteiger partial charge in [0.25, 0.3) is 0 Å². The van der Waals surface area contributed by atoms with E-state index in [1.807, 2.05) is 12.3 Å². The standard InChI is InChI=1S/C12H18N4O2S/c1-8(9-14-5-6-19-9)7-15-11(17)12(3-2-4-12)10(13)16-18/h5-6,8,18H,2-4,7H2,1H3,(H2,13,16)(H,15,17). The first kappa shape index (κ1) is 13.8. The predicted octanol–water partition coefficient (Wildman–Crippen LogP) is 1.28. The van der Waals surface area contributed by atoms with Gasteiger partial charge in [-0.15, -0.1) is 11.3 Å². The molecule has 1 aliphatic carbocycles. The third kappa shape index (κ3) is 2.56. The van der Waals surface area contributed by atoms with Crippen LogP contribution in [0.3, 0.4) is 0 Å². The van der Waals surface area contributed by atoms with E-state index in [4.69, 9.17) is 10.9 Å². The summed E-state index contributed by atoms with van der Waals surface area (Å²) in [7, 11) is 0. The van der Waals surface area contributed by atoms with Crippen LogP contribution in [0.2, 0.25) is 0 Å². The average molecular weight is 282 g/mol. The summed E-state index contributed by atoms with van der Waals surface area (Å²) in [6, 6.07) is 0. The number of amides is 1. The molecule has 0 saturated heterocycles. The molecule has 4 N–H and O–H groups in total. The molecule has 1 fully saturated rings. The van der Waals surface area contributed by atoms with Crippen molar-refractivity contribution in [2.24, 2.45) is 16.3 Å². The molecule has 1 aromatic rings. The van der Waals surface area contributed by atoms with Gasteiger partial charge < -0.3 is 16.3 Å². The number of oxime groups is 1. The van der Waals surface area contributed by atoms with Gasteiger partial charge >= 0.3 is 0 Å². The molecule has 1 amide bonds. The number of carbonyl (C=O) groups excluding carboxylic acids is 1. The number of aromatic nitrogens is 1. The molecule has 1 aromatic heterocycles. The van der Waals surface area contributed by atoms with Crippen LogP contribution in [-0.4, -0.2) is 28.5 Å².